The van der Waals surface area contributed by atoms with Crippen molar-refractivity contribution in [2.75, 3.05) is 58.9 Å². The van der Waals surface area contributed by atoms with Gasteiger partial charge in [0.05, 0.1) is 47.6 Å². The zero-order valence-electron chi connectivity index (χ0n) is 29.0. The third kappa shape index (κ3) is 7.48. The number of piperazine rings is 1. The fourth-order valence-corrected chi connectivity index (χ4v) is 7.57. The second-order valence-corrected chi connectivity index (χ2v) is 14.0. The molecular weight excluding hydrogens is 701 g/mol. The Labute approximate surface area is 310 Å². The first-order chi connectivity index (χ1) is 25.8. The summed E-state index contributed by atoms with van der Waals surface area (Å²) in [5.41, 5.74) is 3.47. The molecule has 3 aliphatic rings. The predicted octanol–water partition coefficient (Wildman–Crippen LogP) is 3.21. The number of halogens is 2. The van der Waals surface area contributed by atoms with Crippen molar-refractivity contribution >= 4 is 40.2 Å². The number of amides is 3. The van der Waals surface area contributed by atoms with E-state index in [2.05, 4.69) is 21.8 Å². The molecule has 0 saturated carbocycles. The van der Waals surface area contributed by atoms with Crippen LogP contribution in [-0.2, 0) is 16.1 Å². The normalized spacial score (nSPS) is 19.8. The summed E-state index contributed by atoms with van der Waals surface area (Å²) in [5, 5.41) is 16.6. The molecule has 0 unspecified atom stereocenters. The average molecular weight is 740 g/mol. The molecule has 53 heavy (non-hydrogen) atoms. The topological polar surface area (TPSA) is 130 Å². The van der Waals surface area contributed by atoms with E-state index in [1.54, 1.807) is 0 Å². The first-order valence-electron chi connectivity index (χ1n) is 17.8. The SMILES string of the molecule is O=C1NCCN(CC(=O)N2CCNCC2)CCn2cc3c(cccc3n2)-c2cccc(c2)O[C@H]2C[C@@H]1N(C(=O)c1cnn(-c3ccc(F)cc3Cl)c1)C2. The van der Waals surface area contributed by atoms with Gasteiger partial charge in [-0.3, -0.25) is 24.0 Å². The van der Waals surface area contributed by atoms with E-state index in [9.17, 15) is 18.8 Å². The van der Waals surface area contributed by atoms with E-state index in [1.165, 1.54) is 40.2 Å². The molecule has 8 rings (SSSR count). The number of hydrogen-bond donors (Lipinski definition) is 2. The van der Waals surface area contributed by atoms with Crippen LogP contribution in [-0.4, -0.2) is 123 Å². The van der Waals surface area contributed by atoms with Crippen LogP contribution >= 0.6 is 11.6 Å². The minimum Gasteiger partial charge on any atom is -0.488 e. The number of carbonyl (C=O) groups excluding carboxylic acids is 3. The summed E-state index contributed by atoms with van der Waals surface area (Å²) in [5.74, 6) is -0.533. The van der Waals surface area contributed by atoms with Gasteiger partial charge in [-0.15, -0.1) is 0 Å². The molecule has 2 fully saturated rings. The van der Waals surface area contributed by atoms with Crippen molar-refractivity contribution in [2.24, 2.45) is 0 Å². The van der Waals surface area contributed by atoms with Crippen LogP contribution in [0.3, 0.4) is 0 Å². The summed E-state index contributed by atoms with van der Waals surface area (Å²) >= 11 is 6.27. The highest BCUT2D eigenvalue weighted by molar-refractivity contribution is 6.32. The summed E-state index contributed by atoms with van der Waals surface area (Å²) in [6.07, 6.45) is 4.76. The lowest BCUT2D eigenvalue weighted by molar-refractivity contribution is -0.133. The molecule has 2 aromatic heterocycles. The van der Waals surface area contributed by atoms with Crippen LogP contribution in [0.25, 0.3) is 27.7 Å². The first kappa shape index (κ1) is 34.8. The van der Waals surface area contributed by atoms with E-state index in [4.69, 9.17) is 21.4 Å². The van der Waals surface area contributed by atoms with E-state index in [1.807, 2.05) is 57.1 Å². The van der Waals surface area contributed by atoms with Gasteiger partial charge in [-0.25, -0.2) is 9.07 Å². The van der Waals surface area contributed by atoms with Crippen molar-refractivity contribution in [3.05, 3.63) is 95.7 Å². The third-order valence-electron chi connectivity index (χ3n) is 10.1. The van der Waals surface area contributed by atoms with E-state index in [0.717, 1.165) is 35.1 Å². The molecule has 0 aliphatic carbocycles. The summed E-state index contributed by atoms with van der Waals surface area (Å²) in [6.45, 7) is 4.98. The van der Waals surface area contributed by atoms with E-state index in [0.29, 0.717) is 44.2 Å². The van der Waals surface area contributed by atoms with Gasteiger partial charge in [0.1, 0.15) is 23.7 Å². The van der Waals surface area contributed by atoms with Gasteiger partial charge in [0.15, 0.2) is 0 Å². The molecule has 15 heteroatoms. The number of aromatic nitrogens is 4. The van der Waals surface area contributed by atoms with Gasteiger partial charge in [-0.1, -0.05) is 35.9 Å². The second-order valence-electron chi connectivity index (χ2n) is 13.6. The Bertz CT molecular complexity index is 2170. The highest BCUT2D eigenvalue weighted by atomic mass is 35.5. The number of likely N-dealkylation sites (tertiary alicyclic amines) is 1. The molecule has 6 bridgehead atoms. The summed E-state index contributed by atoms with van der Waals surface area (Å²) in [4.78, 5) is 46.8. The predicted molar refractivity (Wildman–Crippen MR) is 196 cm³/mol. The summed E-state index contributed by atoms with van der Waals surface area (Å²) < 4.78 is 23.5. The van der Waals surface area contributed by atoms with E-state index >= 15 is 0 Å². The lowest BCUT2D eigenvalue weighted by Crippen LogP contribution is -2.51. The van der Waals surface area contributed by atoms with Crippen molar-refractivity contribution in [1.82, 2.24) is 44.9 Å². The minimum absolute atomic E-state index is 0.0442. The Morgan fingerprint density at radius 3 is 2.66 bits per heavy atom. The number of nitrogens with one attached hydrogen (secondary N) is 2. The average Bonchev–Trinajstić information content (AvgIpc) is 3.92. The Hall–Kier alpha value is -5.31. The van der Waals surface area contributed by atoms with Gasteiger partial charge in [-0.2, -0.15) is 10.2 Å². The van der Waals surface area contributed by atoms with Gasteiger partial charge in [-0.05, 0) is 47.5 Å². The summed E-state index contributed by atoms with van der Waals surface area (Å²) in [6, 6.07) is 16.9. The van der Waals surface area contributed by atoms with Gasteiger partial charge in [0.2, 0.25) is 11.8 Å². The van der Waals surface area contributed by atoms with Gasteiger partial charge < -0.3 is 25.2 Å². The quantitative estimate of drug-likeness (QED) is 0.288. The number of fused-ring (bicyclic) bond motifs is 6. The maximum atomic E-state index is 14.1. The number of rotatable bonds is 4. The van der Waals surface area contributed by atoms with Gasteiger partial charge >= 0.3 is 0 Å². The molecule has 2 saturated heterocycles. The zero-order valence-corrected chi connectivity index (χ0v) is 29.7. The van der Waals surface area contributed by atoms with Crippen LogP contribution in [0.2, 0.25) is 5.02 Å². The van der Waals surface area contributed by atoms with Crippen LogP contribution in [0.15, 0.2) is 79.3 Å². The molecule has 2 N–H and O–H groups in total. The lowest BCUT2D eigenvalue weighted by atomic mass is 10.0. The molecule has 2 atom stereocenters. The van der Waals surface area contributed by atoms with Crippen LogP contribution in [0.1, 0.15) is 16.8 Å². The molecule has 3 aromatic carbocycles. The van der Waals surface area contributed by atoms with Crippen LogP contribution in [0, 0.1) is 5.82 Å². The number of nitrogens with zero attached hydrogens (tertiary/aromatic N) is 7. The molecule has 5 aromatic rings. The molecule has 3 aliphatic heterocycles. The Balaban J connectivity index is 1.09. The highest BCUT2D eigenvalue weighted by Crippen LogP contribution is 2.32. The zero-order chi connectivity index (χ0) is 36.5. The van der Waals surface area contributed by atoms with Crippen LogP contribution in [0.4, 0.5) is 4.39 Å². The van der Waals surface area contributed by atoms with Crippen molar-refractivity contribution in [3.63, 3.8) is 0 Å². The fraction of sp³-hybridized carbons (Fsp3) is 0.342. The Morgan fingerprint density at radius 1 is 0.962 bits per heavy atom. The maximum Gasteiger partial charge on any atom is 0.257 e. The molecular formula is C38H39ClFN9O4. The number of ether oxygens (including phenoxy) is 1. The van der Waals surface area contributed by atoms with Crippen molar-refractivity contribution in [2.45, 2.75) is 25.1 Å². The molecule has 274 valence electrons. The number of benzene rings is 3. The smallest absolute Gasteiger partial charge is 0.257 e. The van der Waals surface area contributed by atoms with E-state index in [-0.39, 0.29) is 48.5 Å². The summed E-state index contributed by atoms with van der Waals surface area (Å²) in [7, 11) is 0. The van der Waals surface area contributed by atoms with Crippen molar-refractivity contribution in [1.29, 1.82) is 0 Å². The molecule has 3 amide bonds. The van der Waals surface area contributed by atoms with Crippen molar-refractivity contribution < 1.29 is 23.5 Å². The Kier molecular flexibility index (Phi) is 9.82. The van der Waals surface area contributed by atoms with Crippen LogP contribution < -0.4 is 15.4 Å². The van der Waals surface area contributed by atoms with Gasteiger partial charge in [0, 0.05) is 70.0 Å². The van der Waals surface area contributed by atoms with E-state index < -0.39 is 23.9 Å². The molecule has 0 radical (unpaired) electrons. The first-order valence-corrected chi connectivity index (χ1v) is 18.2. The second kappa shape index (κ2) is 15.0. The van der Waals surface area contributed by atoms with Crippen LogP contribution in [0.5, 0.6) is 5.75 Å². The number of carbonyl (C=O) groups is 3. The fourth-order valence-electron chi connectivity index (χ4n) is 7.32. The lowest BCUT2D eigenvalue weighted by Gasteiger charge is -2.30. The molecule has 5 heterocycles. The largest absolute Gasteiger partial charge is 0.488 e. The minimum atomic E-state index is -0.822. The highest BCUT2D eigenvalue weighted by Gasteiger charge is 2.41. The Morgan fingerprint density at radius 2 is 1.81 bits per heavy atom. The maximum absolute atomic E-state index is 14.1. The molecule has 13 nitrogen and oxygen atoms in total. The monoisotopic (exact) mass is 739 g/mol. The van der Waals surface area contributed by atoms with Crippen molar-refractivity contribution in [3.8, 4) is 22.6 Å². The standard InChI is InChI=1S/C38H39ClFN9O4/c39-32-18-27(40)7-8-34(32)49-21-26(20-43-49)38(52)48-22-29-19-35(48)37(51)42-11-12-45(24-36(50)46-13-9-41-10-14-46)15-16-47-23-31-30(5-2-6-33(31)44-47)25-3-1-4-28(17-25)53-29/h1-8,17-18,20-21,23,29,35,41H,9-16,19,22,24H2,(H,42,51)/t29-,35-/m0/s1. The molecule has 0 spiro atoms. The van der Waals surface area contributed by atoms with Gasteiger partial charge in [0.25, 0.3) is 5.91 Å². The third-order valence-corrected chi connectivity index (χ3v) is 10.4. The number of hydrogen-bond acceptors (Lipinski definition) is 8.